The highest BCUT2D eigenvalue weighted by atomic mass is 32.1. The summed E-state index contributed by atoms with van der Waals surface area (Å²) < 4.78 is 10.9. The molecule has 0 saturated heterocycles. The number of carbonyl (C=O) groups is 3. The van der Waals surface area contributed by atoms with Gasteiger partial charge in [-0.3, -0.25) is 9.59 Å². The molecule has 0 saturated carbocycles. The molecular formula is C30H28N2O5S. The van der Waals surface area contributed by atoms with E-state index in [4.69, 9.17) is 9.47 Å². The van der Waals surface area contributed by atoms with Gasteiger partial charge >= 0.3 is 5.97 Å². The zero-order chi connectivity index (χ0) is 27.1. The summed E-state index contributed by atoms with van der Waals surface area (Å²) in [5.41, 5.74) is 5.26. The number of nitrogens with one attached hydrogen (secondary N) is 2. The maximum Gasteiger partial charge on any atom is 0.341 e. The van der Waals surface area contributed by atoms with Crippen LogP contribution >= 0.6 is 11.3 Å². The third-order valence-corrected chi connectivity index (χ3v) is 6.58. The number of rotatable bonds is 9. The first kappa shape index (κ1) is 26.6. The Morgan fingerprint density at radius 2 is 1.45 bits per heavy atom. The summed E-state index contributed by atoms with van der Waals surface area (Å²) in [6, 6.07) is 21.8. The summed E-state index contributed by atoms with van der Waals surface area (Å²) in [7, 11) is 0. The van der Waals surface area contributed by atoms with Crippen molar-refractivity contribution < 1.29 is 23.9 Å². The Morgan fingerprint density at radius 1 is 0.816 bits per heavy atom. The third-order valence-electron chi connectivity index (χ3n) is 5.68. The van der Waals surface area contributed by atoms with Gasteiger partial charge in [0.25, 0.3) is 11.8 Å². The first-order chi connectivity index (χ1) is 18.3. The summed E-state index contributed by atoms with van der Waals surface area (Å²) in [4.78, 5) is 37.9. The molecule has 0 unspecified atom stereocenters. The molecule has 7 nitrogen and oxygen atoms in total. The van der Waals surface area contributed by atoms with Gasteiger partial charge in [0.2, 0.25) is 0 Å². The minimum Gasteiger partial charge on any atom is -0.484 e. The lowest BCUT2D eigenvalue weighted by molar-refractivity contribution is -0.118. The highest BCUT2D eigenvalue weighted by molar-refractivity contribution is 7.15. The van der Waals surface area contributed by atoms with E-state index in [-0.39, 0.29) is 19.1 Å². The van der Waals surface area contributed by atoms with Crippen LogP contribution in [-0.4, -0.2) is 31.0 Å². The molecule has 0 spiro atoms. The van der Waals surface area contributed by atoms with Crippen molar-refractivity contribution in [2.24, 2.45) is 0 Å². The predicted molar refractivity (Wildman–Crippen MR) is 150 cm³/mol. The molecule has 0 radical (unpaired) electrons. The number of aryl methyl sites for hydroxylation is 2. The third kappa shape index (κ3) is 6.66. The van der Waals surface area contributed by atoms with Gasteiger partial charge in [-0.1, -0.05) is 47.5 Å². The van der Waals surface area contributed by atoms with Crippen molar-refractivity contribution in [3.8, 4) is 16.9 Å². The van der Waals surface area contributed by atoms with Crippen LogP contribution in [0, 0.1) is 13.8 Å². The van der Waals surface area contributed by atoms with E-state index in [1.807, 2.05) is 67.8 Å². The number of ether oxygens (including phenoxy) is 2. The Kier molecular flexibility index (Phi) is 8.55. The van der Waals surface area contributed by atoms with E-state index < -0.39 is 11.9 Å². The van der Waals surface area contributed by atoms with Crippen molar-refractivity contribution in [3.63, 3.8) is 0 Å². The summed E-state index contributed by atoms with van der Waals surface area (Å²) in [5, 5.41) is 7.84. The molecule has 38 heavy (non-hydrogen) atoms. The van der Waals surface area contributed by atoms with Crippen molar-refractivity contribution in [1.29, 1.82) is 0 Å². The van der Waals surface area contributed by atoms with Gasteiger partial charge in [-0.15, -0.1) is 11.3 Å². The van der Waals surface area contributed by atoms with Gasteiger partial charge in [0, 0.05) is 22.2 Å². The standard InChI is InChI=1S/C30H28N2O5S/c1-4-36-30(35)27-25(21-9-5-19(2)6-10-21)18-38-29(27)32-26(33)17-37-24-15-11-22(12-16-24)28(34)31-23-13-7-20(3)8-14-23/h5-16,18H,4,17H2,1-3H3,(H,31,34)(H,32,33). The molecule has 1 aromatic heterocycles. The van der Waals surface area contributed by atoms with Gasteiger partial charge < -0.3 is 20.1 Å². The smallest absolute Gasteiger partial charge is 0.341 e. The molecule has 0 aliphatic rings. The molecule has 0 fully saturated rings. The first-order valence-corrected chi connectivity index (χ1v) is 13.0. The number of carbonyl (C=O) groups excluding carboxylic acids is 3. The van der Waals surface area contributed by atoms with Gasteiger partial charge in [0.05, 0.1) is 6.61 Å². The van der Waals surface area contributed by atoms with Crippen LogP contribution in [0.2, 0.25) is 0 Å². The lowest BCUT2D eigenvalue weighted by atomic mass is 10.0. The number of benzene rings is 3. The molecule has 0 aliphatic carbocycles. The molecule has 0 aliphatic heterocycles. The zero-order valence-corrected chi connectivity index (χ0v) is 22.2. The number of amides is 2. The van der Waals surface area contributed by atoms with E-state index in [9.17, 15) is 14.4 Å². The van der Waals surface area contributed by atoms with Crippen molar-refractivity contribution >= 4 is 39.8 Å². The summed E-state index contributed by atoms with van der Waals surface area (Å²) in [6.07, 6.45) is 0. The minimum absolute atomic E-state index is 0.220. The molecule has 0 bridgehead atoms. The van der Waals surface area contributed by atoms with Crippen LogP contribution < -0.4 is 15.4 Å². The largest absolute Gasteiger partial charge is 0.484 e. The Balaban J connectivity index is 1.39. The molecule has 4 aromatic rings. The summed E-state index contributed by atoms with van der Waals surface area (Å²) in [6.45, 7) is 5.65. The Labute approximate surface area is 225 Å². The fourth-order valence-corrected chi connectivity index (χ4v) is 4.63. The van der Waals surface area contributed by atoms with Gasteiger partial charge in [-0.05, 0) is 62.7 Å². The van der Waals surface area contributed by atoms with Crippen LogP contribution in [0.15, 0.2) is 78.2 Å². The van der Waals surface area contributed by atoms with E-state index in [2.05, 4.69) is 10.6 Å². The molecule has 1 heterocycles. The maximum absolute atomic E-state index is 12.7. The second kappa shape index (κ2) is 12.2. The van der Waals surface area contributed by atoms with Gasteiger partial charge in [-0.25, -0.2) is 4.79 Å². The average Bonchev–Trinajstić information content (AvgIpc) is 3.33. The molecule has 8 heteroatoms. The normalized spacial score (nSPS) is 10.5. The number of esters is 1. The monoisotopic (exact) mass is 528 g/mol. The van der Waals surface area contributed by atoms with E-state index in [0.29, 0.717) is 33.1 Å². The average molecular weight is 529 g/mol. The minimum atomic E-state index is -0.500. The lowest BCUT2D eigenvalue weighted by Crippen LogP contribution is -2.21. The molecular weight excluding hydrogens is 500 g/mol. The highest BCUT2D eigenvalue weighted by Gasteiger charge is 2.23. The molecule has 194 valence electrons. The van der Waals surface area contributed by atoms with Gasteiger partial charge in [0.1, 0.15) is 16.3 Å². The van der Waals surface area contributed by atoms with Crippen molar-refractivity contribution in [2.45, 2.75) is 20.8 Å². The molecule has 2 amide bonds. The summed E-state index contributed by atoms with van der Waals surface area (Å²) >= 11 is 1.25. The summed E-state index contributed by atoms with van der Waals surface area (Å²) in [5.74, 6) is -0.731. The predicted octanol–water partition coefficient (Wildman–Crippen LogP) is 6.48. The van der Waals surface area contributed by atoms with Crippen molar-refractivity contribution in [3.05, 3.63) is 100 Å². The topological polar surface area (TPSA) is 93.7 Å². The zero-order valence-electron chi connectivity index (χ0n) is 21.4. The van der Waals surface area contributed by atoms with Crippen molar-refractivity contribution in [2.75, 3.05) is 23.8 Å². The second-order valence-corrected chi connectivity index (χ2v) is 9.50. The first-order valence-electron chi connectivity index (χ1n) is 12.1. The molecule has 0 atom stereocenters. The number of hydrogen-bond acceptors (Lipinski definition) is 6. The Morgan fingerprint density at radius 3 is 2.08 bits per heavy atom. The van der Waals surface area contributed by atoms with Gasteiger partial charge in [0.15, 0.2) is 6.61 Å². The van der Waals surface area contributed by atoms with Crippen molar-refractivity contribution in [1.82, 2.24) is 0 Å². The van der Waals surface area contributed by atoms with E-state index >= 15 is 0 Å². The van der Waals surface area contributed by atoms with Crippen LogP contribution in [-0.2, 0) is 9.53 Å². The Bertz CT molecular complexity index is 1430. The van der Waals surface area contributed by atoms with Crippen LogP contribution in [0.3, 0.4) is 0 Å². The Hall–Kier alpha value is -4.43. The quantitative estimate of drug-likeness (QED) is 0.243. The van der Waals surface area contributed by atoms with Crippen LogP contribution in [0.4, 0.5) is 10.7 Å². The second-order valence-electron chi connectivity index (χ2n) is 8.62. The lowest BCUT2D eigenvalue weighted by Gasteiger charge is -2.10. The molecule has 2 N–H and O–H groups in total. The number of hydrogen-bond donors (Lipinski definition) is 2. The van der Waals surface area contributed by atoms with E-state index in [0.717, 1.165) is 16.7 Å². The fraction of sp³-hybridized carbons (Fsp3) is 0.167. The van der Waals surface area contributed by atoms with Gasteiger partial charge in [-0.2, -0.15) is 0 Å². The van der Waals surface area contributed by atoms with Crippen LogP contribution in [0.5, 0.6) is 5.75 Å². The SMILES string of the molecule is CCOC(=O)c1c(-c2ccc(C)cc2)csc1NC(=O)COc1ccc(C(=O)Nc2ccc(C)cc2)cc1. The molecule has 4 rings (SSSR count). The van der Waals surface area contributed by atoms with E-state index in [1.54, 1.807) is 31.2 Å². The van der Waals surface area contributed by atoms with Crippen LogP contribution in [0.1, 0.15) is 38.8 Å². The van der Waals surface area contributed by atoms with E-state index in [1.165, 1.54) is 11.3 Å². The fourth-order valence-electron chi connectivity index (χ4n) is 3.66. The van der Waals surface area contributed by atoms with Crippen LogP contribution in [0.25, 0.3) is 11.1 Å². The number of thiophene rings is 1. The number of anilines is 2. The molecule has 3 aromatic carbocycles. The highest BCUT2D eigenvalue weighted by Crippen LogP contribution is 2.36. The maximum atomic E-state index is 12.7.